The molecule has 3 rings (SSSR count). The van der Waals surface area contributed by atoms with Crippen molar-refractivity contribution in [2.45, 2.75) is 13.5 Å². The number of nitrogens with two attached hydrogens (primary N) is 1. The number of ether oxygens (including phenoxy) is 1. The van der Waals surface area contributed by atoms with Crippen molar-refractivity contribution in [1.82, 2.24) is 9.38 Å². The summed E-state index contributed by atoms with van der Waals surface area (Å²) in [5, 5.41) is 0. The van der Waals surface area contributed by atoms with E-state index in [4.69, 9.17) is 10.5 Å². The SMILES string of the molecule is Cc1nc2c(OCc3ccc(F)cc3)cccn2c1N. The summed E-state index contributed by atoms with van der Waals surface area (Å²) in [5.74, 6) is 0.997. The van der Waals surface area contributed by atoms with E-state index in [9.17, 15) is 4.39 Å². The highest BCUT2D eigenvalue weighted by atomic mass is 19.1. The summed E-state index contributed by atoms with van der Waals surface area (Å²) in [6.07, 6.45) is 1.84. The predicted molar refractivity (Wildman–Crippen MR) is 75.1 cm³/mol. The fourth-order valence-electron chi connectivity index (χ4n) is 2.03. The first-order chi connectivity index (χ1) is 9.65. The third-order valence-electron chi connectivity index (χ3n) is 3.14. The molecule has 0 bridgehead atoms. The molecule has 1 aromatic carbocycles. The number of fused-ring (bicyclic) bond motifs is 1. The van der Waals surface area contributed by atoms with Crippen molar-refractivity contribution in [2.75, 3.05) is 5.73 Å². The molecule has 0 aliphatic carbocycles. The molecular formula is C15H14FN3O. The van der Waals surface area contributed by atoms with Crippen LogP contribution < -0.4 is 10.5 Å². The van der Waals surface area contributed by atoms with E-state index in [1.54, 1.807) is 16.5 Å². The third kappa shape index (κ3) is 2.18. The fraction of sp³-hybridized carbons (Fsp3) is 0.133. The van der Waals surface area contributed by atoms with E-state index in [0.717, 1.165) is 11.3 Å². The van der Waals surface area contributed by atoms with Crippen LogP contribution in [0.5, 0.6) is 5.75 Å². The van der Waals surface area contributed by atoms with Gasteiger partial charge in [-0.05, 0) is 36.8 Å². The van der Waals surface area contributed by atoms with Crippen LogP contribution >= 0.6 is 0 Å². The lowest BCUT2D eigenvalue weighted by Gasteiger charge is -2.07. The number of halogens is 1. The van der Waals surface area contributed by atoms with Crippen molar-refractivity contribution in [3.63, 3.8) is 0 Å². The minimum atomic E-state index is -0.257. The van der Waals surface area contributed by atoms with Gasteiger partial charge in [0.1, 0.15) is 18.2 Å². The van der Waals surface area contributed by atoms with Gasteiger partial charge in [-0.15, -0.1) is 0 Å². The molecule has 0 saturated heterocycles. The van der Waals surface area contributed by atoms with Crippen molar-refractivity contribution < 1.29 is 9.13 Å². The summed E-state index contributed by atoms with van der Waals surface area (Å²) < 4.78 is 20.4. The van der Waals surface area contributed by atoms with Gasteiger partial charge in [-0.3, -0.25) is 4.40 Å². The largest absolute Gasteiger partial charge is 0.485 e. The van der Waals surface area contributed by atoms with Crippen LogP contribution in [-0.2, 0) is 6.61 Å². The fourth-order valence-corrected chi connectivity index (χ4v) is 2.03. The maximum Gasteiger partial charge on any atom is 0.181 e. The molecular weight excluding hydrogens is 257 g/mol. The number of nitrogen functional groups attached to an aromatic ring is 1. The van der Waals surface area contributed by atoms with E-state index < -0.39 is 0 Å². The molecule has 3 aromatic rings. The molecule has 0 fully saturated rings. The van der Waals surface area contributed by atoms with Gasteiger partial charge in [0.2, 0.25) is 0 Å². The Labute approximate surface area is 115 Å². The highest BCUT2D eigenvalue weighted by molar-refractivity contribution is 5.60. The first-order valence-electron chi connectivity index (χ1n) is 6.25. The molecule has 2 aromatic heterocycles. The maximum atomic E-state index is 12.8. The van der Waals surface area contributed by atoms with E-state index in [0.29, 0.717) is 23.8 Å². The average Bonchev–Trinajstić information content (AvgIpc) is 2.75. The normalized spacial score (nSPS) is 10.9. The van der Waals surface area contributed by atoms with Crippen LogP contribution in [0.3, 0.4) is 0 Å². The van der Waals surface area contributed by atoms with E-state index in [2.05, 4.69) is 4.98 Å². The molecule has 0 saturated carbocycles. The van der Waals surface area contributed by atoms with E-state index in [-0.39, 0.29) is 5.82 Å². The smallest absolute Gasteiger partial charge is 0.181 e. The molecule has 0 aliphatic heterocycles. The molecule has 2 N–H and O–H groups in total. The third-order valence-corrected chi connectivity index (χ3v) is 3.14. The summed E-state index contributed by atoms with van der Waals surface area (Å²) >= 11 is 0. The molecule has 0 aliphatic rings. The molecule has 0 atom stereocenters. The van der Waals surface area contributed by atoms with Gasteiger partial charge in [-0.2, -0.15) is 0 Å². The summed E-state index contributed by atoms with van der Waals surface area (Å²) in [6, 6.07) is 9.91. The zero-order valence-corrected chi connectivity index (χ0v) is 11.0. The lowest BCUT2D eigenvalue weighted by atomic mass is 10.2. The number of hydrogen-bond acceptors (Lipinski definition) is 3. The first-order valence-corrected chi connectivity index (χ1v) is 6.25. The number of aromatic nitrogens is 2. The van der Waals surface area contributed by atoms with Crippen LogP contribution in [0.1, 0.15) is 11.3 Å². The van der Waals surface area contributed by atoms with E-state index in [1.165, 1.54) is 12.1 Å². The number of hydrogen-bond donors (Lipinski definition) is 1. The lowest BCUT2D eigenvalue weighted by Crippen LogP contribution is -1.99. The van der Waals surface area contributed by atoms with Crippen LogP contribution in [0, 0.1) is 12.7 Å². The van der Waals surface area contributed by atoms with Crippen LogP contribution in [0.15, 0.2) is 42.6 Å². The van der Waals surface area contributed by atoms with Crippen LogP contribution in [0.25, 0.3) is 5.65 Å². The first kappa shape index (κ1) is 12.5. The molecule has 0 radical (unpaired) electrons. The maximum absolute atomic E-state index is 12.8. The summed E-state index contributed by atoms with van der Waals surface area (Å²) in [5.41, 5.74) is 8.28. The average molecular weight is 271 g/mol. The number of anilines is 1. The molecule has 5 heteroatoms. The standard InChI is InChI=1S/C15H14FN3O/c1-10-14(17)19-8-2-3-13(15(19)18-10)20-9-11-4-6-12(16)7-5-11/h2-8H,9,17H2,1H3. The number of imidazole rings is 1. The molecule has 102 valence electrons. The molecule has 0 amide bonds. The van der Waals surface area contributed by atoms with Gasteiger partial charge in [0, 0.05) is 6.20 Å². The minimum Gasteiger partial charge on any atom is -0.485 e. The molecule has 4 nitrogen and oxygen atoms in total. The molecule has 0 unspecified atom stereocenters. The molecule has 20 heavy (non-hydrogen) atoms. The zero-order chi connectivity index (χ0) is 14.1. The van der Waals surface area contributed by atoms with Gasteiger partial charge >= 0.3 is 0 Å². The quantitative estimate of drug-likeness (QED) is 0.796. The second-order valence-electron chi connectivity index (χ2n) is 4.56. The Morgan fingerprint density at radius 3 is 2.75 bits per heavy atom. The van der Waals surface area contributed by atoms with E-state index in [1.807, 2.05) is 25.3 Å². The Balaban J connectivity index is 1.87. The van der Waals surface area contributed by atoms with Crippen LogP contribution in [0.2, 0.25) is 0 Å². The number of benzene rings is 1. The summed E-state index contributed by atoms with van der Waals surface area (Å²) in [7, 11) is 0. The van der Waals surface area contributed by atoms with E-state index >= 15 is 0 Å². The Morgan fingerprint density at radius 2 is 2.00 bits per heavy atom. The van der Waals surface area contributed by atoms with Gasteiger partial charge in [0.15, 0.2) is 11.4 Å². The number of rotatable bonds is 3. The summed E-state index contributed by atoms with van der Waals surface area (Å²) in [4.78, 5) is 4.39. The van der Waals surface area contributed by atoms with Gasteiger partial charge < -0.3 is 10.5 Å². The van der Waals surface area contributed by atoms with Crippen molar-refractivity contribution in [3.8, 4) is 5.75 Å². The predicted octanol–water partition coefficient (Wildman–Crippen LogP) is 2.94. The number of nitrogens with zero attached hydrogens (tertiary/aromatic N) is 2. The van der Waals surface area contributed by atoms with Gasteiger partial charge in [-0.25, -0.2) is 9.37 Å². The zero-order valence-electron chi connectivity index (χ0n) is 11.0. The van der Waals surface area contributed by atoms with Crippen LogP contribution in [-0.4, -0.2) is 9.38 Å². The van der Waals surface area contributed by atoms with Crippen molar-refractivity contribution >= 4 is 11.5 Å². The second-order valence-corrected chi connectivity index (χ2v) is 4.56. The van der Waals surface area contributed by atoms with Gasteiger partial charge in [-0.1, -0.05) is 12.1 Å². The highest BCUT2D eigenvalue weighted by Crippen LogP contribution is 2.23. The summed E-state index contributed by atoms with van der Waals surface area (Å²) in [6.45, 7) is 2.21. The highest BCUT2D eigenvalue weighted by Gasteiger charge is 2.09. The van der Waals surface area contributed by atoms with Crippen LogP contribution in [0.4, 0.5) is 10.2 Å². The monoisotopic (exact) mass is 271 g/mol. The Bertz CT molecular complexity index is 750. The minimum absolute atomic E-state index is 0.257. The van der Waals surface area contributed by atoms with Gasteiger partial charge in [0.05, 0.1) is 5.69 Å². The number of aryl methyl sites for hydroxylation is 1. The van der Waals surface area contributed by atoms with Crippen molar-refractivity contribution in [1.29, 1.82) is 0 Å². The Kier molecular flexibility index (Phi) is 3.02. The van der Waals surface area contributed by atoms with Crippen molar-refractivity contribution in [2.24, 2.45) is 0 Å². The second kappa shape index (κ2) is 4.85. The molecule has 2 heterocycles. The Morgan fingerprint density at radius 1 is 1.25 bits per heavy atom. The van der Waals surface area contributed by atoms with Crippen molar-refractivity contribution in [3.05, 3.63) is 59.7 Å². The topological polar surface area (TPSA) is 52.5 Å². The Hall–Kier alpha value is -2.56. The molecule has 0 spiro atoms. The number of pyridine rings is 1. The van der Waals surface area contributed by atoms with Gasteiger partial charge in [0.25, 0.3) is 0 Å². The lowest BCUT2D eigenvalue weighted by molar-refractivity contribution is 0.308.